The van der Waals surface area contributed by atoms with Crippen LogP contribution in [0.5, 0.6) is 0 Å². The van der Waals surface area contributed by atoms with Gasteiger partial charge in [-0.05, 0) is 71.9 Å². The largest absolute Gasteiger partial charge is 0.341 e. The molecule has 0 radical (unpaired) electrons. The predicted molar refractivity (Wildman–Crippen MR) is 266 cm³/mol. The van der Waals surface area contributed by atoms with Crippen LogP contribution in [0.1, 0.15) is 143 Å². The number of thiazole rings is 2. The van der Waals surface area contributed by atoms with Crippen LogP contribution in [0.2, 0.25) is 0 Å². The number of nitrogens with zero attached hydrogens (tertiary/aromatic N) is 4. The molecule has 4 atom stereocenters. The summed E-state index contributed by atoms with van der Waals surface area (Å²) in [5.41, 5.74) is 6.06. The van der Waals surface area contributed by atoms with E-state index in [9.17, 15) is 19.2 Å². The van der Waals surface area contributed by atoms with Crippen molar-refractivity contribution in [1.29, 1.82) is 0 Å². The second kappa shape index (κ2) is 22.6. The Kier molecular flexibility index (Phi) is 16.0. The van der Waals surface area contributed by atoms with Gasteiger partial charge in [0.15, 0.2) is 0 Å². The molecule has 2 aliphatic heterocycles. The molecule has 11 heteroatoms. The zero-order valence-electron chi connectivity index (χ0n) is 38.2. The Morgan fingerprint density at radius 2 is 1.06 bits per heavy atom. The summed E-state index contributed by atoms with van der Waals surface area (Å²) in [5, 5.41) is 4.92. The third-order valence-electron chi connectivity index (χ3n) is 13.0. The van der Waals surface area contributed by atoms with Crippen molar-refractivity contribution in [2.45, 2.75) is 121 Å². The van der Waals surface area contributed by atoms with E-state index in [4.69, 9.17) is 9.97 Å². The lowest BCUT2D eigenvalue weighted by Crippen LogP contribution is -2.42. The average molecular weight is 920 g/mol. The van der Waals surface area contributed by atoms with E-state index in [1.54, 1.807) is 22.7 Å². The van der Waals surface area contributed by atoms with Crippen LogP contribution in [0.3, 0.4) is 0 Å². The first kappa shape index (κ1) is 46.7. The number of nitrogens with one attached hydrogen (secondary N) is 1. The monoisotopic (exact) mass is 919 g/mol. The van der Waals surface area contributed by atoms with E-state index in [0.29, 0.717) is 25.9 Å². The standard InChI is InChI=1S/C55H61N5O4S2/c1-3-5-9-21-44(61)35-45(40-17-11-7-12-18-40)54(63)59-33-15-22-46(59)52-56-36-48(65-52)41-29-25-38(26-30-41)39-27-31-42(32-28-39)49-37-57-53(66-49)47-23-16-34-60(47)55(64)51(43-19-13-8-14-20-43)58-50(62)24-10-6-4-2/h7-8,11-14,17-20,25-32,36-37,45-47,51H,3-6,9-10,15-16,21-24,33-35H2,1-2H3,(H,58,62)/t45-,46+,47+,51-/m1/s1. The number of rotatable bonds is 20. The molecule has 4 aromatic carbocycles. The number of aromatic nitrogens is 2. The van der Waals surface area contributed by atoms with Crippen LogP contribution < -0.4 is 5.32 Å². The van der Waals surface area contributed by atoms with Gasteiger partial charge in [-0.3, -0.25) is 19.2 Å². The number of unbranched alkanes of at least 4 members (excludes halogenated alkanes) is 4. The van der Waals surface area contributed by atoms with Gasteiger partial charge in [0.05, 0.1) is 27.8 Å². The molecule has 3 amide bonds. The van der Waals surface area contributed by atoms with Crippen molar-refractivity contribution in [3.05, 3.63) is 143 Å². The molecule has 0 saturated carbocycles. The Morgan fingerprint density at radius 1 is 0.591 bits per heavy atom. The summed E-state index contributed by atoms with van der Waals surface area (Å²) in [6, 6.07) is 35.5. The summed E-state index contributed by atoms with van der Waals surface area (Å²) < 4.78 is 0. The molecule has 0 aliphatic carbocycles. The summed E-state index contributed by atoms with van der Waals surface area (Å²) in [5.74, 6) is -0.481. The van der Waals surface area contributed by atoms with Crippen LogP contribution in [-0.4, -0.2) is 56.4 Å². The summed E-state index contributed by atoms with van der Waals surface area (Å²) in [6.45, 7) is 5.54. The fourth-order valence-electron chi connectivity index (χ4n) is 9.38. The molecule has 2 fully saturated rings. The Hall–Kier alpha value is -5.78. The molecule has 2 saturated heterocycles. The number of hydrogen-bond donors (Lipinski definition) is 1. The lowest BCUT2D eigenvalue weighted by atomic mass is 9.90. The van der Waals surface area contributed by atoms with Gasteiger partial charge in [-0.25, -0.2) is 9.97 Å². The van der Waals surface area contributed by atoms with Gasteiger partial charge in [0.2, 0.25) is 17.7 Å². The van der Waals surface area contributed by atoms with Gasteiger partial charge in [0, 0.05) is 44.7 Å². The molecule has 0 unspecified atom stereocenters. The maximum absolute atomic E-state index is 14.3. The maximum atomic E-state index is 14.3. The summed E-state index contributed by atoms with van der Waals surface area (Å²) in [4.78, 5) is 70.3. The number of amides is 3. The zero-order valence-corrected chi connectivity index (χ0v) is 39.8. The van der Waals surface area contributed by atoms with E-state index in [1.807, 2.05) is 82.9 Å². The number of carbonyl (C=O) groups is 4. The molecule has 0 spiro atoms. The van der Waals surface area contributed by atoms with Gasteiger partial charge in [-0.1, -0.05) is 149 Å². The molecule has 6 aromatic rings. The highest BCUT2D eigenvalue weighted by atomic mass is 32.1. The number of likely N-dealkylation sites (tertiary alicyclic amines) is 2. The average Bonchev–Trinajstić information content (AvgIpc) is 4.21. The van der Waals surface area contributed by atoms with Gasteiger partial charge in [-0.15, -0.1) is 22.7 Å². The Balaban J connectivity index is 0.910. The van der Waals surface area contributed by atoms with Crippen molar-refractivity contribution in [2.75, 3.05) is 13.1 Å². The highest BCUT2D eigenvalue weighted by Crippen LogP contribution is 2.41. The first-order chi connectivity index (χ1) is 32.3. The molecule has 9 nitrogen and oxygen atoms in total. The first-order valence-electron chi connectivity index (χ1n) is 24.0. The maximum Gasteiger partial charge on any atom is 0.250 e. The lowest BCUT2D eigenvalue weighted by molar-refractivity contribution is -0.137. The van der Waals surface area contributed by atoms with Crippen molar-refractivity contribution >= 4 is 46.2 Å². The smallest absolute Gasteiger partial charge is 0.250 e. The lowest BCUT2D eigenvalue weighted by Gasteiger charge is -2.28. The van der Waals surface area contributed by atoms with Gasteiger partial charge in [0.25, 0.3) is 0 Å². The summed E-state index contributed by atoms with van der Waals surface area (Å²) in [7, 11) is 0. The highest BCUT2D eigenvalue weighted by molar-refractivity contribution is 7.15. The van der Waals surface area contributed by atoms with Crippen LogP contribution in [-0.2, 0) is 19.2 Å². The van der Waals surface area contributed by atoms with E-state index in [0.717, 1.165) is 117 Å². The predicted octanol–water partition coefficient (Wildman–Crippen LogP) is 12.7. The Bertz CT molecular complexity index is 2360. The van der Waals surface area contributed by atoms with Crippen molar-refractivity contribution in [3.63, 3.8) is 0 Å². The topological polar surface area (TPSA) is 113 Å². The molecular formula is C55H61N5O4S2. The van der Waals surface area contributed by atoms with E-state index in [1.165, 1.54) is 0 Å². The van der Waals surface area contributed by atoms with E-state index >= 15 is 0 Å². The van der Waals surface area contributed by atoms with Gasteiger partial charge in [-0.2, -0.15) is 0 Å². The zero-order chi connectivity index (χ0) is 45.8. The molecule has 2 aromatic heterocycles. The van der Waals surface area contributed by atoms with E-state index in [-0.39, 0.29) is 42.0 Å². The van der Waals surface area contributed by atoms with Crippen molar-refractivity contribution in [2.24, 2.45) is 0 Å². The van der Waals surface area contributed by atoms with Crippen LogP contribution in [0.15, 0.2) is 122 Å². The fourth-order valence-corrected chi connectivity index (χ4v) is 11.5. The molecule has 8 rings (SSSR count). The quantitative estimate of drug-likeness (QED) is 0.0763. The van der Waals surface area contributed by atoms with Gasteiger partial charge >= 0.3 is 0 Å². The highest BCUT2D eigenvalue weighted by Gasteiger charge is 2.38. The first-order valence-corrected chi connectivity index (χ1v) is 25.6. The minimum atomic E-state index is -0.732. The van der Waals surface area contributed by atoms with Crippen LogP contribution >= 0.6 is 22.7 Å². The number of benzene rings is 4. The van der Waals surface area contributed by atoms with Crippen LogP contribution in [0.25, 0.3) is 32.0 Å². The normalized spacial score (nSPS) is 16.9. The van der Waals surface area contributed by atoms with Crippen molar-refractivity contribution in [3.8, 4) is 32.0 Å². The molecular weight excluding hydrogens is 859 g/mol. The third kappa shape index (κ3) is 11.2. The van der Waals surface area contributed by atoms with Crippen LogP contribution in [0.4, 0.5) is 0 Å². The number of hydrogen-bond acceptors (Lipinski definition) is 8. The number of carbonyl (C=O) groups excluding carboxylic acids is 4. The SMILES string of the molecule is CCCCCC(=O)C[C@@H](C(=O)N1CCC[C@H]1c1ncc(-c2ccc(-c3ccc(-c4cnc([C@@H]5CCCN5C(=O)[C@H](NC(=O)CCCCC)c5ccccc5)s4)cc3)cc2)s1)c1ccccc1. The molecule has 0 bridgehead atoms. The third-order valence-corrected chi connectivity index (χ3v) is 15.3. The second-order valence-electron chi connectivity index (χ2n) is 17.7. The Labute approximate surface area is 397 Å². The Morgan fingerprint density at radius 3 is 1.58 bits per heavy atom. The van der Waals surface area contributed by atoms with E-state index in [2.05, 4.69) is 67.7 Å². The molecule has 66 heavy (non-hydrogen) atoms. The number of ketones is 1. The summed E-state index contributed by atoms with van der Waals surface area (Å²) in [6.07, 6.45) is 14.3. The molecule has 1 N–H and O–H groups in total. The molecule has 342 valence electrons. The van der Waals surface area contributed by atoms with Gasteiger partial charge < -0.3 is 15.1 Å². The number of Topliss-reactive ketones (excluding diaryl/α,β-unsaturated/α-hetero) is 1. The minimum absolute atomic E-state index is 0.0242. The summed E-state index contributed by atoms with van der Waals surface area (Å²) >= 11 is 3.27. The molecule has 4 heterocycles. The van der Waals surface area contributed by atoms with Crippen molar-refractivity contribution in [1.82, 2.24) is 25.1 Å². The fraction of sp³-hybridized carbons (Fsp3) is 0.382. The van der Waals surface area contributed by atoms with Crippen molar-refractivity contribution < 1.29 is 19.2 Å². The second-order valence-corrected chi connectivity index (χ2v) is 19.8. The molecule has 2 aliphatic rings. The van der Waals surface area contributed by atoms with E-state index < -0.39 is 12.0 Å². The minimum Gasteiger partial charge on any atom is -0.341 e. The van der Waals surface area contributed by atoms with Gasteiger partial charge in [0.1, 0.15) is 21.8 Å². The van der Waals surface area contributed by atoms with Crippen LogP contribution in [0, 0.1) is 0 Å².